The van der Waals surface area contributed by atoms with Gasteiger partial charge < -0.3 is 4.74 Å². The van der Waals surface area contributed by atoms with Gasteiger partial charge in [0.2, 0.25) is 5.02 Å². The van der Waals surface area contributed by atoms with E-state index in [0.717, 1.165) is 10.9 Å². The van der Waals surface area contributed by atoms with E-state index in [1.165, 1.54) is 0 Å². The van der Waals surface area contributed by atoms with Gasteiger partial charge in [-0.1, -0.05) is 29.3 Å². The third kappa shape index (κ3) is 1.91. The highest BCUT2D eigenvalue weighted by Crippen LogP contribution is 2.25. The minimum atomic E-state index is -0.860. The number of hydrogen-bond acceptors (Lipinski definition) is 2. The molecule has 4 heteroatoms. The first-order valence-electron chi connectivity index (χ1n) is 4.06. The van der Waals surface area contributed by atoms with Crippen LogP contribution in [0.5, 0.6) is 5.75 Å². The zero-order valence-electron chi connectivity index (χ0n) is 7.15. The number of rotatable bonds is 2. The van der Waals surface area contributed by atoms with Crippen LogP contribution in [0.15, 0.2) is 36.5 Å². The first-order valence-corrected chi connectivity index (χ1v) is 4.93. The maximum absolute atomic E-state index is 5.54. The van der Waals surface area contributed by atoms with Crippen molar-refractivity contribution in [2.24, 2.45) is 0 Å². The quantitative estimate of drug-likeness (QED) is 0.735. The predicted molar refractivity (Wildman–Crippen MR) is 57.9 cm³/mol. The lowest BCUT2D eigenvalue weighted by molar-refractivity contribution is 0.358. The van der Waals surface area contributed by atoms with Gasteiger partial charge in [0.1, 0.15) is 5.75 Å². The van der Waals surface area contributed by atoms with Crippen LogP contribution in [0.3, 0.4) is 0 Å². The molecule has 72 valence electrons. The molecule has 0 N–H and O–H groups in total. The second kappa shape index (κ2) is 4.03. The smallest absolute Gasteiger partial charge is 0.247 e. The molecule has 14 heavy (non-hydrogen) atoms. The monoisotopic (exact) mass is 227 g/mol. The molecule has 0 saturated carbocycles. The second-order valence-corrected chi connectivity index (χ2v) is 3.72. The van der Waals surface area contributed by atoms with E-state index >= 15 is 0 Å². The van der Waals surface area contributed by atoms with Crippen LogP contribution < -0.4 is 4.74 Å². The molecule has 0 aliphatic carbocycles. The number of fused-ring (bicyclic) bond motifs is 1. The lowest BCUT2D eigenvalue weighted by atomic mass is 10.2. The minimum Gasteiger partial charge on any atom is -0.460 e. The Labute approximate surface area is 91.4 Å². The number of benzene rings is 1. The highest BCUT2D eigenvalue weighted by molar-refractivity contribution is 6.43. The number of nitrogens with zero attached hydrogens (tertiary/aromatic N) is 1. The third-order valence-corrected chi connectivity index (χ3v) is 2.00. The van der Waals surface area contributed by atoms with Crippen molar-refractivity contribution < 1.29 is 4.74 Å². The van der Waals surface area contributed by atoms with E-state index in [0.29, 0.717) is 5.75 Å². The molecule has 0 fully saturated rings. The van der Waals surface area contributed by atoms with Crippen LogP contribution in [0.4, 0.5) is 0 Å². The Kier molecular flexibility index (Phi) is 2.75. The van der Waals surface area contributed by atoms with Crippen molar-refractivity contribution in [1.82, 2.24) is 4.98 Å². The molecule has 0 bridgehead atoms. The van der Waals surface area contributed by atoms with E-state index < -0.39 is 5.02 Å². The van der Waals surface area contributed by atoms with Gasteiger partial charge in [0.05, 0.1) is 5.52 Å². The van der Waals surface area contributed by atoms with E-state index in [9.17, 15) is 0 Å². The van der Waals surface area contributed by atoms with Gasteiger partial charge in [-0.25, -0.2) is 0 Å². The first-order chi connectivity index (χ1) is 6.77. The van der Waals surface area contributed by atoms with Crippen LogP contribution in [0.2, 0.25) is 0 Å². The molecule has 0 spiro atoms. The highest BCUT2D eigenvalue weighted by Gasteiger charge is 2.05. The van der Waals surface area contributed by atoms with E-state index in [1.807, 2.05) is 30.3 Å². The third-order valence-electron chi connectivity index (χ3n) is 1.82. The van der Waals surface area contributed by atoms with Crippen LogP contribution in [0, 0.1) is 0 Å². The lowest BCUT2D eigenvalue weighted by Crippen LogP contribution is -1.99. The van der Waals surface area contributed by atoms with Crippen molar-refractivity contribution in [2.45, 2.75) is 5.02 Å². The number of ether oxygens (including phenoxy) is 1. The largest absolute Gasteiger partial charge is 0.460 e. The molecule has 2 nitrogen and oxygen atoms in total. The summed E-state index contributed by atoms with van der Waals surface area (Å²) in [5, 5.41) is 0.0436. The van der Waals surface area contributed by atoms with Gasteiger partial charge in [0.15, 0.2) is 0 Å². The lowest BCUT2D eigenvalue weighted by Gasteiger charge is -2.08. The Bertz CT molecular complexity index is 440. The minimum absolute atomic E-state index is 0.644. The van der Waals surface area contributed by atoms with Gasteiger partial charge in [-0.2, -0.15) is 0 Å². The summed E-state index contributed by atoms with van der Waals surface area (Å²) in [5.41, 5.74) is 0.860. The molecule has 0 aliphatic rings. The average Bonchev–Trinajstić information content (AvgIpc) is 2.18. The number of hydrogen-bond donors (Lipinski definition) is 0. The molecule has 0 amide bonds. The van der Waals surface area contributed by atoms with Crippen molar-refractivity contribution in [2.75, 3.05) is 0 Å². The molecule has 1 heterocycles. The number of aromatic nitrogens is 1. The summed E-state index contributed by atoms with van der Waals surface area (Å²) in [6.07, 6.45) is 1.73. The molecular formula is C10H7Cl2NO. The zero-order valence-corrected chi connectivity index (χ0v) is 8.66. The Balaban J connectivity index is 2.53. The number of pyridine rings is 1. The molecule has 1 aromatic heterocycles. The fraction of sp³-hybridized carbons (Fsp3) is 0.100. The maximum Gasteiger partial charge on any atom is 0.247 e. The number of halogens is 2. The fourth-order valence-corrected chi connectivity index (χ4v) is 1.47. The Morgan fingerprint density at radius 3 is 2.79 bits per heavy atom. The standard InChI is InChI=1S/C10H7Cl2NO/c11-10(12)14-9-5-1-4-8-7(9)3-2-6-13-8/h1-6,10H. The van der Waals surface area contributed by atoms with Crippen molar-refractivity contribution in [3.05, 3.63) is 36.5 Å². The molecule has 1 aromatic carbocycles. The van der Waals surface area contributed by atoms with Crippen LogP contribution in [0.25, 0.3) is 10.9 Å². The molecule has 2 aromatic rings. The van der Waals surface area contributed by atoms with Gasteiger partial charge in [0, 0.05) is 11.6 Å². The summed E-state index contributed by atoms with van der Waals surface area (Å²) >= 11 is 11.1. The normalized spacial score (nSPS) is 10.8. The average molecular weight is 228 g/mol. The SMILES string of the molecule is ClC(Cl)Oc1cccc2ncccc12. The Morgan fingerprint density at radius 2 is 2.00 bits per heavy atom. The van der Waals surface area contributed by atoms with E-state index in [-0.39, 0.29) is 0 Å². The summed E-state index contributed by atoms with van der Waals surface area (Å²) in [4.78, 5) is 4.18. The van der Waals surface area contributed by atoms with E-state index in [2.05, 4.69) is 4.98 Å². The van der Waals surface area contributed by atoms with Gasteiger partial charge in [-0.05, 0) is 24.3 Å². The molecule has 0 unspecified atom stereocenters. The Hall–Kier alpha value is -0.990. The summed E-state index contributed by atoms with van der Waals surface area (Å²) in [5.74, 6) is 0.644. The zero-order chi connectivity index (χ0) is 9.97. The van der Waals surface area contributed by atoms with E-state index in [4.69, 9.17) is 27.9 Å². The van der Waals surface area contributed by atoms with Crippen LogP contribution in [-0.2, 0) is 0 Å². The first kappa shape index (κ1) is 9.56. The van der Waals surface area contributed by atoms with Crippen molar-refractivity contribution in [3.8, 4) is 5.75 Å². The summed E-state index contributed by atoms with van der Waals surface area (Å²) < 4.78 is 5.22. The molecular weight excluding hydrogens is 221 g/mol. The van der Waals surface area contributed by atoms with Crippen LogP contribution in [-0.4, -0.2) is 10.0 Å². The molecule has 0 aliphatic heterocycles. The number of alkyl halides is 2. The fourth-order valence-electron chi connectivity index (χ4n) is 1.27. The predicted octanol–water partition coefficient (Wildman–Crippen LogP) is 3.37. The van der Waals surface area contributed by atoms with Gasteiger partial charge in [0.25, 0.3) is 0 Å². The van der Waals surface area contributed by atoms with Gasteiger partial charge >= 0.3 is 0 Å². The van der Waals surface area contributed by atoms with Crippen LogP contribution in [0.1, 0.15) is 0 Å². The topological polar surface area (TPSA) is 22.1 Å². The van der Waals surface area contributed by atoms with Crippen molar-refractivity contribution in [3.63, 3.8) is 0 Å². The van der Waals surface area contributed by atoms with E-state index in [1.54, 1.807) is 6.20 Å². The summed E-state index contributed by atoms with van der Waals surface area (Å²) in [6, 6.07) is 9.31. The van der Waals surface area contributed by atoms with Gasteiger partial charge in [-0.3, -0.25) is 4.98 Å². The maximum atomic E-state index is 5.54. The molecule has 0 saturated heterocycles. The van der Waals surface area contributed by atoms with Crippen molar-refractivity contribution in [1.29, 1.82) is 0 Å². The summed E-state index contributed by atoms with van der Waals surface area (Å²) in [7, 11) is 0. The Morgan fingerprint density at radius 1 is 1.14 bits per heavy atom. The highest BCUT2D eigenvalue weighted by atomic mass is 35.5. The van der Waals surface area contributed by atoms with Crippen molar-refractivity contribution >= 4 is 34.1 Å². The molecule has 0 atom stereocenters. The second-order valence-electron chi connectivity index (χ2n) is 2.70. The molecule has 0 radical (unpaired) electrons. The van der Waals surface area contributed by atoms with Gasteiger partial charge in [-0.15, -0.1) is 0 Å². The summed E-state index contributed by atoms with van der Waals surface area (Å²) in [6.45, 7) is 0. The molecule has 2 rings (SSSR count). The van der Waals surface area contributed by atoms with Crippen LogP contribution >= 0.6 is 23.2 Å².